The number of aromatic nitrogens is 2. The molecule has 1 aliphatic heterocycles. The quantitative estimate of drug-likeness (QED) is 0.219. The highest BCUT2D eigenvalue weighted by Crippen LogP contribution is 2.40. The Kier molecular flexibility index (Phi) is 7.81. The maximum absolute atomic E-state index is 13.9. The van der Waals surface area contributed by atoms with Crippen molar-refractivity contribution in [3.63, 3.8) is 0 Å². The number of aliphatic hydroxyl groups excluding tert-OH is 1. The van der Waals surface area contributed by atoms with Crippen LogP contribution in [0.2, 0.25) is 0 Å². The van der Waals surface area contributed by atoms with Crippen molar-refractivity contribution in [2.24, 2.45) is 0 Å². The van der Waals surface area contributed by atoms with E-state index in [2.05, 4.69) is 26.2 Å². The highest BCUT2D eigenvalue weighted by Gasteiger charge is 2.46. The summed E-state index contributed by atoms with van der Waals surface area (Å²) in [4.78, 5) is 36.9. The largest absolute Gasteiger partial charge is 0.491 e. The minimum absolute atomic E-state index is 0.0926. The van der Waals surface area contributed by atoms with E-state index in [1.54, 1.807) is 24.3 Å². The predicted octanol–water partition coefficient (Wildman–Crippen LogP) is 5.66. The fraction of sp³-hybridized carbons (Fsp3) is 0.233. The highest BCUT2D eigenvalue weighted by atomic mass is 79.9. The van der Waals surface area contributed by atoms with E-state index in [1.807, 2.05) is 68.4 Å². The number of halogens is 1. The molecule has 8 nitrogen and oxygen atoms in total. The van der Waals surface area contributed by atoms with E-state index in [4.69, 9.17) is 14.8 Å². The number of H-pyrrole nitrogens is 1. The molecule has 2 heterocycles. The lowest BCUT2D eigenvalue weighted by Gasteiger charge is -2.29. The molecule has 3 amide bonds. The van der Waals surface area contributed by atoms with Crippen molar-refractivity contribution >= 4 is 27.9 Å². The van der Waals surface area contributed by atoms with Gasteiger partial charge in [-0.15, -0.1) is 0 Å². The summed E-state index contributed by atoms with van der Waals surface area (Å²) in [5, 5.41) is 11.8. The second-order valence-electron chi connectivity index (χ2n) is 9.48. The molecule has 3 atom stereocenters. The van der Waals surface area contributed by atoms with Crippen molar-refractivity contribution in [2.45, 2.75) is 31.8 Å². The summed E-state index contributed by atoms with van der Waals surface area (Å²) in [6.07, 6.45) is 0. The number of imide groups is 1. The molecule has 1 aromatic heterocycles. The third-order valence-corrected chi connectivity index (χ3v) is 7.45. The van der Waals surface area contributed by atoms with Crippen LogP contribution in [0.4, 0.5) is 4.79 Å². The predicted molar refractivity (Wildman–Crippen MR) is 151 cm³/mol. The van der Waals surface area contributed by atoms with Gasteiger partial charge in [-0.05, 0) is 42.3 Å². The number of carbonyl (C=O) groups is 2. The van der Waals surface area contributed by atoms with Crippen molar-refractivity contribution in [3.8, 4) is 17.0 Å². The number of amides is 3. The van der Waals surface area contributed by atoms with E-state index in [1.165, 1.54) is 4.90 Å². The van der Waals surface area contributed by atoms with Crippen molar-refractivity contribution in [1.82, 2.24) is 20.2 Å². The molecule has 1 unspecified atom stereocenters. The maximum Gasteiger partial charge on any atom is 0.325 e. The lowest BCUT2D eigenvalue weighted by molar-refractivity contribution is -0.129. The number of nitrogens with zero attached hydrogens (tertiary/aromatic N) is 2. The number of hydrogen-bond donors (Lipinski definition) is 3. The van der Waals surface area contributed by atoms with Gasteiger partial charge in [0.15, 0.2) is 0 Å². The summed E-state index contributed by atoms with van der Waals surface area (Å²) in [6.45, 7) is 4.02. The molecule has 0 bridgehead atoms. The fourth-order valence-corrected chi connectivity index (χ4v) is 5.20. The van der Waals surface area contributed by atoms with Gasteiger partial charge in [-0.1, -0.05) is 77.5 Å². The smallest absolute Gasteiger partial charge is 0.325 e. The van der Waals surface area contributed by atoms with E-state index in [0.29, 0.717) is 17.1 Å². The minimum Gasteiger partial charge on any atom is -0.491 e. The summed E-state index contributed by atoms with van der Waals surface area (Å²) in [5.41, 5.74) is 4.17. The van der Waals surface area contributed by atoms with Crippen molar-refractivity contribution in [2.75, 3.05) is 13.2 Å². The first-order valence-electron chi connectivity index (χ1n) is 12.7. The first kappa shape index (κ1) is 26.6. The zero-order valence-corrected chi connectivity index (χ0v) is 23.2. The Morgan fingerprint density at radius 1 is 1.03 bits per heavy atom. The van der Waals surface area contributed by atoms with Gasteiger partial charge in [0.25, 0.3) is 5.91 Å². The van der Waals surface area contributed by atoms with Crippen molar-refractivity contribution in [3.05, 3.63) is 106 Å². The van der Waals surface area contributed by atoms with Gasteiger partial charge in [0.05, 0.1) is 12.3 Å². The standard InChI is InChI=1S/C30H29BrN4O4/c1-18(20-6-4-3-5-7-20)27(28-32-19(2)25(33-28)21-8-12-23(31)13-9-21)35-29(37)26(34-30(35)38)22-10-14-24(15-11-22)39-17-16-36/h3-15,18,26-27,36H,16-17H2,1-2H3,(H,32,33)(H,34,38)/t18-,26?,27-/m0/s1. The van der Waals surface area contributed by atoms with Gasteiger partial charge in [0, 0.05) is 21.6 Å². The fourth-order valence-electron chi connectivity index (χ4n) is 4.94. The molecule has 200 valence electrons. The normalized spacial score (nSPS) is 16.7. The lowest BCUT2D eigenvalue weighted by Crippen LogP contribution is -2.38. The third kappa shape index (κ3) is 5.46. The van der Waals surface area contributed by atoms with Crippen LogP contribution in [0.1, 0.15) is 47.6 Å². The first-order chi connectivity index (χ1) is 18.9. The molecule has 0 saturated carbocycles. The molecule has 1 fully saturated rings. The van der Waals surface area contributed by atoms with Crippen LogP contribution in [0.25, 0.3) is 11.3 Å². The number of aryl methyl sites for hydroxylation is 1. The zero-order chi connectivity index (χ0) is 27.5. The Morgan fingerprint density at radius 3 is 2.38 bits per heavy atom. The summed E-state index contributed by atoms with van der Waals surface area (Å²) in [6, 6.07) is 22.6. The summed E-state index contributed by atoms with van der Waals surface area (Å²) < 4.78 is 6.39. The number of imidazole rings is 1. The number of aromatic amines is 1. The molecule has 0 aliphatic carbocycles. The summed E-state index contributed by atoms with van der Waals surface area (Å²) in [7, 11) is 0. The van der Waals surface area contributed by atoms with Gasteiger partial charge in [-0.3, -0.25) is 9.69 Å². The Morgan fingerprint density at radius 2 is 1.72 bits per heavy atom. The number of ether oxygens (including phenoxy) is 1. The van der Waals surface area contributed by atoms with E-state index in [0.717, 1.165) is 27.0 Å². The number of hydrogen-bond acceptors (Lipinski definition) is 5. The van der Waals surface area contributed by atoms with Gasteiger partial charge in [0.1, 0.15) is 30.3 Å². The van der Waals surface area contributed by atoms with Crippen LogP contribution < -0.4 is 10.1 Å². The molecule has 9 heteroatoms. The zero-order valence-electron chi connectivity index (χ0n) is 21.6. The van der Waals surface area contributed by atoms with Gasteiger partial charge in [-0.25, -0.2) is 9.78 Å². The van der Waals surface area contributed by atoms with Crippen molar-refractivity contribution in [1.29, 1.82) is 0 Å². The third-order valence-electron chi connectivity index (χ3n) is 6.92. The maximum atomic E-state index is 13.9. The van der Waals surface area contributed by atoms with Gasteiger partial charge >= 0.3 is 6.03 Å². The highest BCUT2D eigenvalue weighted by molar-refractivity contribution is 9.10. The average Bonchev–Trinajstić information content (AvgIpc) is 3.48. The van der Waals surface area contributed by atoms with E-state index >= 15 is 0 Å². The SMILES string of the molecule is Cc1[nH]c([C@H]([C@@H](C)c2ccccc2)N2C(=O)NC(c3ccc(OCCO)cc3)C2=O)nc1-c1ccc(Br)cc1. The van der Waals surface area contributed by atoms with Gasteiger partial charge in [-0.2, -0.15) is 0 Å². The molecule has 1 saturated heterocycles. The first-order valence-corrected chi connectivity index (χ1v) is 13.5. The second kappa shape index (κ2) is 11.4. The van der Waals surface area contributed by atoms with Crippen LogP contribution >= 0.6 is 15.9 Å². The molecular weight excluding hydrogens is 560 g/mol. The summed E-state index contributed by atoms with van der Waals surface area (Å²) >= 11 is 3.47. The number of urea groups is 1. The molecule has 39 heavy (non-hydrogen) atoms. The Hall–Kier alpha value is -3.95. The molecular formula is C30H29BrN4O4. The molecule has 0 radical (unpaired) electrons. The molecule has 0 spiro atoms. The van der Waals surface area contributed by atoms with Crippen LogP contribution in [0, 0.1) is 6.92 Å². The van der Waals surface area contributed by atoms with E-state index in [9.17, 15) is 9.59 Å². The second-order valence-corrected chi connectivity index (χ2v) is 10.4. The van der Waals surface area contributed by atoms with Gasteiger partial charge in [0.2, 0.25) is 0 Å². The number of aliphatic hydroxyl groups is 1. The topological polar surface area (TPSA) is 108 Å². The van der Waals surface area contributed by atoms with Crippen LogP contribution in [-0.4, -0.2) is 45.1 Å². The average molecular weight is 589 g/mol. The van der Waals surface area contributed by atoms with Crippen LogP contribution in [0.3, 0.4) is 0 Å². The molecule has 1 aliphatic rings. The number of rotatable bonds is 9. The molecule has 3 aromatic carbocycles. The van der Waals surface area contributed by atoms with Crippen molar-refractivity contribution < 1.29 is 19.4 Å². The monoisotopic (exact) mass is 588 g/mol. The van der Waals surface area contributed by atoms with Crippen LogP contribution in [-0.2, 0) is 4.79 Å². The molecule has 4 aromatic rings. The number of benzene rings is 3. The number of nitrogens with one attached hydrogen (secondary N) is 2. The Labute approximate surface area is 235 Å². The van der Waals surface area contributed by atoms with Crippen LogP contribution in [0.15, 0.2) is 83.3 Å². The van der Waals surface area contributed by atoms with Gasteiger partial charge < -0.3 is 20.1 Å². The summed E-state index contributed by atoms with van der Waals surface area (Å²) in [5.74, 6) is 0.524. The molecule has 3 N–H and O–H groups in total. The van der Waals surface area contributed by atoms with E-state index in [-0.39, 0.29) is 25.0 Å². The molecule has 5 rings (SSSR count). The number of carbonyl (C=O) groups excluding carboxylic acids is 2. The minimum atomic E-state index is -0.836. The Bertz CT molecular complexity index is 1450. The lowest BCUT2D eigenvalue weighted by atomic mass is 9.91. The van der Waals surface area contributed by atoms with E-state index < -0.39 is 18.1 Å². The Balaban J connectivity index is 1.51. The van der Waals surface area contributed by atoms with Crippen LogP contribution in [0.5, 0.6) is 5.75 Å².